The quantitative estimate of drug-likeness (QED) is 0.793. The molecule has 1 amide bonds. The van der Waals surface area contributed by atoms with Gasteiger partial charge in [0.15, 0.2) is 0 Å². The molecule has 1 aromatic heterocycles. The van der Waals surface area contributed by atoms with Gasteiger partial charge in [0, 0.05) is 18.7 Å². The summed E-state index contributed by atoms with van der Waals surface area (Å²) in [4.78, 5) is 22.4. The van der Waals surface area contributed by atoms with Gasteiger partial charge >= 0.3 is 0 Å². The summed E-state index contributed by atoms with van der Waals surface area (Å²) in [6.45, 7) is 5.36. The number of amides is 1. The molecule has 3 aromatic rings. The van der Waals surface area contributed by atoms with Gasteiger partial charge in [-0.05, 0) is 50.2 Å². The van der Waals surface area contributed by atoms with Crippen LogP contribution in [0.5, 0.6) is 5.75 Å². The number of nitrogens with zero attached hydrogens (tertiary/aromatic N) is 2. The van der Waals surface area contributed by atoms with E-state index in [0.29, 0.717) is 18.7 Å². The third-order valence-electron chi connectivity index (χ3n) is 4.44. The van der Waals surface area contributed by atoms with Crippen LogP contribution < -0.4 is 4.74 Å². The van der Waals surface area contributed by atoms with Crippen molar-refractivity contribution in [2.24, 2.45) is 0 Å². The maximum atomic E-state index is 12.6. The Balaban J connectivity index is 1.40. The van der Waals surface area contributed by atoms with E-state index in [1.54, 1.807) is 0 Å². The SMILES string of the molecule is CC(C)Oc1ccc(C(=O)N2CC(c3nc4ccccc4[nH]3)C2)cc1. The molecule has 0 bridgehead atoms. The van der Waals surface area contributed by atoms with Gasteiger partial charge < -0.3 is 14.6 Å². The van der Waals surface area contributed by atoms with E-state index in [1.807, 2.05) is 67.3 Å². The Bertz CT molecular complexity index is 860. The molecule has 0 atom stereocenters. The standard InChI is InChI=1S/C20H21N3O2/c1-13(2)25-16-9-7-14(8-10-16)20(24)23-11-15(12-23)19-21-17-5-3-4-6-18(17)22-19/h3-10,13,15H,11-12H2,1-2H3,(H,21,22). The summed E-state index contributed by atoms with van der Waals surface area (Å²) in [5.41, 5.74) is 2.71. The number of hydrogen-bond acceptors (Lipinski definition) is 3. The molecule has 0 spiro atoms. The molecule has 1 saturated heterocycles. The highest BCUT2D eigenvalue weighted by molar-refractivity contribution is 5.95. The van der Waals surface area contributed by atoms with Crippen LogP contribution in [-0.2, 0) is 0 Å². The minimum Gasteiger partial charge on any atom is -0.491 e. The molecule has 0 aliphatic carbocycles. The number of benzene rings is 2. The third kappa shape index (κ3) is 3.09. The van der Waals surface area contributed by atoms with Gasteiger partial charge in [0.05, 0.1) is 23.1 Å². The molecule has 0 unspecified atom stereocenters. The zero-order valence-electron chi connectivity index (χ0n) is 14.4. The average Bonchev–Trinajstić information content (AvgIpc) is 2.97. The number of carbonyl (C=O) groups is 1. The van der Waals surface area contributed by atoms with Crippen molar-refractivity contribution in [1.82, 2.24) is 14.9 Å². The van der Waals surface area contributed by atoms with Gasteiger partial charge in [-0.3, -0.25) is 4.79 Å². The second-order valence-electron chi connectivity index (χ2n) is 6.74. The number of ether oxygens (including phenoxy) is 1. The lowest BCUT2D eigenvalue weighted by Gasteiger charge is -2.38. The first-order valence-electron chi connectivity index (χ1n) is 8.61. The third-order valence-corrected chi connectivity index (χ3v) is 4.44. The first kappa shape index (κ1) is 15.7. The highest BCUT2D eigenvalue weighted by atomic mass is 16.5. The number of hydrogen-bond donors (Lipinski definition) is 1. The van der Waals surface area contributed by atoms with Gasteiger partial charge in [0.2, 0.25) is 0 Å². The zero-order chi connectivity index (χ0) is 17.4. The lowest BCUT2D eigenvalue weighted by molar-refractivity contribution is 0.0595. The lowest BCUT2D eigenvalue weighted by Crippen LogP contribution is -2.48. The number of imidazole rings is 1. The zero-order valence-corrected chi connectivity index (χ0v) is 14.4. The predicted octanol–water partition coefficient (Wildman–Crippen LogP) is 3.59. The lowest BCUT2D eigenvalue weighted by atomic mass is 9.98. The Labute approximate surface area is 146 Å². The fourth-order valence-electron chi connectivity index (χ4n) is 3.11. The number of carbonyl (C=O) groups excluding carboxylic acids is 1. The number of likely N-dealkylation sites (tertiary alicyclic amines) is 1. The molecule has 128 valence electrons. The minimum absolute atomic E-state index is 0.0588. The molecule has 2 heterocycles. The van der Waals surface area contributed by atoms with E-state index < -0.39 is 0 Å². The predicted molar refractivity (Wildman–Crippen MR) is 96.9 cm³/mol. The van der Waals surface area contributed by atoms with Crippen molar-refractivity contribution < 1.29 is 9.53 Å². The summed E-state index contributed by atoms with van der Waals surface area (Å²) in [5.74, 6) is 2.09. The summed E-state index contributed by atoms with van der Waals surface area (Å²) < 4.78 is 5.62. The van der Waals surface area contributed by atoms with Gasteiger partial charge in [-0.2, -0.15) is 0 Å². The van der Waals surface area contributed by atoms with Crippen LogP contribution in [-0.4, -0.2) is 40.0 Å². The second kappa shape index (κ2) is 6.24. The van der Waals surface area contributed by atoms with Gasteiger partial charge in [-0.15, -0.1) is 0 Å². The van der Waals surface area contributed by atoms with Crippen LogP contribution >= 0.6 is 0 Å². The molecule has 1 aliphatic rings. The van der Waals surface area contributed by atoms with Crippen LogP contribution in [0.3, 0.4) is 0 Å². The number of aromatic nitrogens is 2. The van der Waals surface area contributed by atoms with Gasteiger partial charge in [-0.1, -0.05) is 12.1 Å². The van der Waals surface area contributed by atoms with Crippen molar-refractivity contribution in [1.29, 1.82) is 0 Å². The monoisotopic (exact) mass is 335 g/mol. The van der Waals surface area contributed by atoms with Crippen LogP contribution in [0.15, 0.2) is 48.5 Å². The summed E-state index contributed by atoms with van der Waals surface area (Å²) in [6, 6.07) is 15.4. The number of aromatic amines is 1. The molecule has 1 N–H and O–H groups in total. The largest absolute Gasteiger partial charge is 0.491 e. The van der Waals surface area contributed by atoms with Crippen molar-refractivity contribution in [3.63, 3.8) is 0 Å². The van der Waals surface area contributed by atoms with E-state index in [0.717, 1.165) is 22.6 Å². The molecule has 5 heteroatoms. The molecule has 2 aromatic carbocycles. The Hall–Kier alpha value is -2.82. The molecule has 0 radical (unpaired) electrons. The topological polar surface area (TPSA) is 58.2 Å². The van der Waals surface area contributed by atoms with Crippen LogP contribution in [0.1, 0.15) is 35.9 Å². The Morgan fingerprint density at radius 2 is 1.88 bits per heavy atom. The van der Waals surface area contributed by atoms with Crippen molar-refractivity contribution in [3.8, 4) is 5.75 Å². The van der Waals surface area contributed by atoms with E-state index in [1.165, 1.54) is 0 Å². The maximum absolute atomic E-state index is 12.6. The summed E-state index contributed by atoms with van der Waals surface area (Å²) >= 11 is 0. The van der Waals surface area contributed by atoms with E-state index >= 15 is 0 Å². The molecule has 0 saturated carbocycles. The highest BCUT2D eigenvalue weighted by Gasteiger charge is 2.34. The van der Waals surface area contributed by atoms with Crippen LogP contribution in [0.25, 0.3) is 11.0 Å². The molecule has 5 nitrogen and oxygen atoms in total. The Morgan fingerprint density at radius 3 is 2.56 bits per heavy atom. The summed E-state index contributed by atoms with van der Waals surface area (Å²) in [6.07, 6.45) is 0.126. The molecule has 25 heavy (non-hydrogen) atoms. The number of H-pyrrole nitrogens is 1. The second-order valence-corrected chi connectivity index (χ2v) is 6.74. The van der Waals surface area contributed by atoms with E-state index in [-0.39, 0.29) is 17.9 Å². The fraction of sp³-hybridized carbons (Fsp3) is 0.300. The molecular weight excluding hydrogens is 314 g/mol. The summed E-state index contributed by atoms with van der Waals surface area (Å²) in [5, 5.41) is 0. The molecular formula is C20H21N3O2. The first-order chi connectivity index (χ1) is 12.1. The number of para-hydroxylation sites is 2. The van der Waals surface area contributed by atoms with Gasteiger partial charge in [-0.25, -0.2) is 4.98 Å². The first-order valence-corrected chi connectivity index (χ1v) is 8.61. The van der Waals surface area contributed by atoms with Crippen LogP contribution in [0, 0.1) is 0 Å². The van der Waals surface area contributed by atoms with Gasteiger partial charge in [0.25, 0.3) is 5.91 Å². The van der Waals surface area contributed by atoms with Crippen molar-refractivity contribution in [3.05, 3.63) is 59.9 Å². The van der Waals surface area contributed by atoms with Gasteiger partial charge in [0.1, 0.15) is 11.6 Å². The number of nitrogens with one attached hydrogen (secondary N) is 1. The van der Waals surface area contributed by atoms with E-state index in [4.69, 9.17) is 4.74 Å². The average molecular weight is 335 g/mol. The van der Waals surface area contributed by atoms with Crippen molar-refractivity contribution in [2.45, 2.75) is 25.9 Å². The fourth-order valence-corrected chi connectivity index (χ4v) is 3.11. The molecule has 1 aliphatic heterocycles. The number of rotatable bonds is 4. The Morgan fingerprint density at radius 1 is 1.16 bits per heavy atom. The van der Waals surface area contributed by atoms with E-state index in [2.05, 4.69) is 9.97 Å². The number of fused-ring (bicyclic) bond motifs is 1. The van der Waals surface area contributed by atoms with Crippen molar-refractivity contribution >= 4 is 16.9 Å². The normalized spacial score (nSPS) is 14.8. The Kier molecular flexibility index (Phi) is 3.92. The van der Waals surface area contributed by atoms with Crippen LogP contribution in [0.4, 0.5) is 0 Å². The summed E-state index contributed by atoms with van der Waals surface area (Å²) in [7, 11) is 0. The smallest absolute Gasteiger partial charge is 0.253 e. The van der Waals surface area contributed by atoms with Crippen molar-refractivity contribution in [2.75, 3.05) is 13.1 Å². The minimum atomic E-state index is 0.0588. The van der Waals surface area contributed by atoms with Crippen LogP contribution in [0.2, 0.25) is 0 Å². The van der Waals surface area contributed by atoms with E-state index in [9.17, 15) is 4.79 Å². The molecule has 1 fully saturated rings. The maximum Gasteiger partial charge on any atom is 0.253 e. The molecule has 4 rings (SSSR count). The highest BCUT2D eigenvalue weighted by Crippen LogP contribution is 2.28.